The van der Waals surface area contributed by atoms with Crippen LogP contribution in [0.5, 0.6) is 0 Å². The van der Waals surface area contributed by atoms with E-state index in [1.165, 1.54) is 21.5 Å². The highest BCUT2D eigenvalue weighted by molar-refractivity contribution is 7.87. The Kier molecular flexibility index (Phi) is 6.84. The van der Waals surface area contributed by atoms with Crippen LogP contribution in [0.1, 0.15) is 11.1 Å². The van der Waals surface area contributed by atoms with Gasteiger partial charge in [-0.15, -0.1) is 0 Å². The molecule has 5 aromatic carbocycles. The zero-order valence-electron chi connectivity index (χ0n) is 19.7. The van der Waals surface area contributed by atoms with E-state index in [-0.39, 0.29) is 0 Å². The van der Waals surface area contributed by atoms with Gasteiger partial charge in [-0.2, -0.15) is 0 Å². The summed E-state index contributed by atoms with van der Waals surface area (Å²) >= 11 is 0. The molecule has 0 aliphatic carbocycles. The average Bonchev–Trinajstić information content (AvgIpc) is 2.93. The first-order valence-corrected chi connectivity index (χ1v) is 13.5. The second-order valence-corrected chi connectivity index (χ2v) is 11.4. The van der Waals surface area contributed by atoms with Crippen molar-refractivity contribution in [2.75, 3.05) is 0 Å². The first-order chi connectivity index (χ1) is 17.2. The molecule has 5 aromatic rings. The summed E-state index contributed by atoms with van der Waals surface area (Å²) in [6.45, 7) is 2.08. The second kappa shape index (κ2) is 10.5. The van der Waals surface area contributed by atoms with Crippen LogP contribution in [0.15, 0.2) is 149 Å². The molecule has 0 radical (unpaired) electrons. The molecule has 170 valence electrons. The highest BCUT2D eigenvalue weighted by Gasteiger charge is 2.27. The third kappa shape index (κ3) is 5.09. The first-order valence-electron chi connectivity index (χ1n) is 11.7. The van der Waals surface area contributed by atoms with Crippen LogP contribution >= 0.6 is 7.05 Å². The van der Waals surface area contributed by atoms with E-state index in [0.717, 1.165) is 16.9 Å². The van der Waals surface area contributed by atoms with E-state index in [2.05, 4.69) is 139 Å². The summed E-state index contributed by atoms with van der Waals surface area (Å²) in [5.74, 6) is 0. The lowest BCUT2D eigenvalue weighted by atomic mass is 10.2. The minimum Gasteiger partial charge on any atom is -0.256 e. The van der Waals surface area contributed by atoms with Gasteiger partial charge in [0, 0.05) is 22.1 Å². The van der Waals surface area contributed by atoms with E-state index < -0.39 is 7.05 Å². The molecule has 0 bridgehead atoms. The smallest absolute Gasteiger partial charge is 0.0630 e. The molecule has 0 atom stereocenters. The first kappa shape index (κ1) is 22.8. The Balaban J connectivity index is 1.62. The maximum absolute atomic E-state index is 5.54. The molecule has 0 saturated heterocycles. The third-order valence-electron chi connectivity index (χ3n) is 5.94. The lowest BCUT2D eigenvalue weighted by Gasteiger charge is -2.27. The standard InChI is InChI=1S/C32H27N2P/c1-26-17-21-28(22-18-26)33-25-27-19-23-29(24-20-27)34-35(30-11-5-2-6-12-30,31-13-7-3-8-14-31)32-15-9-4-10-16-32/h2-25H,1H3. The van der Waals surface area contributed by atoms with Gasteiger partial charge < -0.3 is 0 Å². The highest BCUT2D eigenvalue weighted by atomic mass is 31.2. The molecule has 3 heteroatoms. The van der Waals surface area contributed by atoms with Crippen molar-refractivity contribution in [3.8, 4) is 0 Å². The molecule has 0 unspecified atom stereocenters. The van der Waals surface area contributed by atoms with Gasteiger partial charge in [-0.3, -0.25) is 9.74 Å². The Labute approximate surface area is 207 Å². The summed E-state index contributed by atoms with van der Waals surface area (Å²) in [6, 6.07) is 48.7. The minimum atomic E-state index is -2.27. The Morgan fingerprint density at radius 1 is 0.486 bits per heavy atom. The molecular formula is C32H27N2P. The number of hydrogen-bond donors (Lipinski definition) is 0. The molecule has 0 aliphatic rings. The van der Waals surface area contributed by atoms with Crippen LogP contribution in [-0.2, 0) is 0 Å². The summed E-state index contributed by atoms with van der Waals surface area (Å²) in [5.41, 5.74) is 4.19. The van der Waals surface area contributed by atoms with Crippen molar-refractivity contribution in [3.05, 3.63) is 151 Å². The lowest BCUT2D eigenvalue weighted by Crippen LogP contribution is -2.25. The van der Waals surface area contributed by atoms with Gasteiger partial charge in [0.15, 0.2) is 0 Å². The summed E-state index contributed by atoms with van der Waals surface area (Å²) in [4.78, 5) is 4.62. The van der Waals surface area contributed by atoms with Gasteiger partial charge in [-0.05, 0) is 36.8 Å². The largest absolute Gasteiger partial charge is 0.256 e. The van der Waals surface area contributed by atoms with Gasteiger partial charge in [-0.25, -0.2) is 0 Å². The summed E-state index contributed by atoms with van der Waals surface area (Å²) in [5, 5.41) is 3.72. The number of aryl methyl sites for hydroxylation is 1. The molecular weight excluding hydrogens is 443 g/mol. The Morgan fingerprint density at radius 2 is 0.914 bits per heavy atom. The van der Waals surface area contributed by atoms with Crippen molar-refractivity contribution >= 4 is 40.6 Å². The number of nitrogens with zero attached hydrogens (tertiary/aromatic N) is 2. The molecule has 2 nitrogen and oxygen atoms in total. The predicted molar refractivity (Wildman–Crippen MR) is 152 cm³/mol. The number of benzene rings is 5. The number of rotatable bonds is 6. The molecule has 0 amide bonds. The van der Waals surface area contributed by atoms with Crippen LogP contribution in [0.2, 0.25) is 0 Å². The summed E-state index contributed by atoms with van der Waals surface area (Å²) in [7, 11) is -2.27. The molecule has 0 saturated carbocycles. The second-order valence-electron chi connectivity index (χ2n) is 8.43. The third-order valence-corrected chi connectivity index (χ3v) is 9.61. The fourth-order valence-corrected chi connectivity index (χ4v) is 7.66. The monoisotopic (exact) mass is 470 g/mol. The zero-order chi connectivity index (χ0) is 23.9. The molecule has 35 heavy (non-hydrogen) atoms. The van der Waals surface area contributed by atoms with Crippen LogP contribution < -0.4 is 15.9 Å². The Morgan fingerprint density at radius 3 is 1.37 bits per heavy atom. The molecule has 0 heterocycles. The van der Waals surface area contributed by atoms with Gasteiger partial charge in [0.2, 0.25) is 0 Å². The maximum Gasteiger partial charge on any atom is 0.0630 e. The van der Waals surface area contributed by atoms with Crippen LogP contribution in [0.3, 0.4) is 0 Å². The van der Waals surface area contributed by atoms with E-state index in [9.17, 15) is 0 Å². The maximum atomic E-state index is 5.54. The van der Waals surface area contributed by atoms with Gasteiger partial charge in [0.25, 0.3) is 0 Å². The zero-order valence-corrected chi connectivity index (χ0v) is 20.6. The van der Waals surface area contributed by atoms with Crippen LogP contribution in [0, 0.1) is 6.92 Å². The fourth-order valence-electron chi connectivity index (χ4n) is 4.13. The molecule has 5 rings (SSSR count). The predicted octanol–water partition coefficient (Wildman–Crippen LogP) is 7.55. The van der Waals surface area contributed by atoms with E-state index >= 15 is 0 Å². The summed E-state index contributed by atoms with van der Waals surface area (Å²) < 4.78 is 5.54. The molecule has 0 aromatic heterocycles. The van der Waals surface area contributed by atoms with Crippen LogP contribution in [-0.4, -0.2) is 6.21 Å². The number of aliphatic imine (C=N–C) groups is 1. The van der Waals surface area contributed by atoms with Crippen LogP contribution in [0.25, 0.3) is 0 Å². The molecule has 0 fully saturated rings. The molecule has 0 aliphatic heterocycles. The van der Waals surface area contributed by atoms with Gasteiger partial charge in [0.05, 0.1) is 18.4 Å². The van der Waals surface area contributed by atoms with Gasteiger partial charge in [-0.1, -0.05) is 121 Å². The molecule has 0 N–H and O–H groups in total. The SMILES string of the molecule is Cc1ccc(N=Cc2ccc(N=P(c3ccccc3)(c3ccccc3)c3ccccc3)cc2)cc1. The van der Waals surface area contributed by atoms with E-state index in [4.69, 9.17) is 4.74 Å². The van der Waals surface area contributed by atoms with Gasteiger partial charge >= 0.3 is 0 Å². The van der Waals surface area contributed by atoms with Gasteiger partial charge in [0.1, 0.15) is 0 Å². The van der Waals surface area contributed by atoms with Crippen molar-refractivity contribution in [1.82, 2.24) is 0 Å². The lowest BCUT2D eigenvalue weighted by molar-refractivity contribution is 1.44. The van der Waals surface area contributed by atoms with Crippen molar-refractivity contribution in [2.45, 2.75) is 6.92 Å². The van der Waals surface area contributed by atoms with Crippen LogP contribution in [0.4, 0.5) is 11.4 Å². The minimum absolute atomic E-state index is 0.950. The topological polar surface area (TPSA) is 24.7 Å². The molecule has 0 spiro atoms. The quantitative estimate of drug-likeness (QED) is 0.181. The van der Waals surface area contributed by atoms with Crippen molar-refractivity contribution in [3.63, 3.8) is 0 Å². The summed E-state index contributed by atoms with van der Waals surface area (Å²) in [6.07, 6.45) is 1.91. The Bertz CT molecular complexity index is 1350. The average molecular weight is 471 g/mol. The normalized spacial score (nSPS) is 11.5. The van der Waals surface area contributed by atoms with E-state index in [1.807, 2.05) is 18.3 Å². The van der Waals surface area contributed by atoms with E-state index in [0.29, 0.717) is 0 Å². The number of hydrogen-bond acceptors (Lipinski definition) is 2. The van der Waals surface area contributed by atoms with Crippen molar-refractivity contribution < 1.29 is 0 Å². The highest BCUT2D eigenvalue weighted by Crippen LogP contribution is 2.49. The fraction of sp³-hybridized carbons (Fsp3) is 0.0312. The Hall–Kier alpha value is -4.00. The van der Waals surface area contributed by atoms with Crippen molar-refractivity contribution in [1.29, 1.82) is 0 Å². The van der Waals surface area contributed by atoms with Crippen molar-refractivity contribution in [2.24, 2.45) is 9.74 Å². The van der Waals surface area contributed by atoms with E-state index in [1.54, 1.807) is 0 Å².